The molecule has 0 aliphatic rings. The van der Waals surface area contributed by atoms with Gasteiger partial charge in [-0.1, -0.05) is 13.8 Å². The maximum Gasteiger partial charge on any atom is 0.270 e. The van der Waals surface area contributed by atoms with Gasteiger partial charge in [-0.3, -0.25) is 4.18 Å². The van der Waals surface area contributed by atoms with E-state index in [0.29, 0.717) is 12.8 Å². The summed E-state index contributed by atoms with van der Waals surface area (Å²) in [5, 5.41) is 9.59. The first-order chi connectivity index (χ1) is 6.22. The minimum absolute atomic E-state index is 0.326. The molecular formula is C9H20O4S. The van der Waals surface area contributed by atoms with Crippen LogP contribution in [0.3, 0.4) is 0 Å². The fraction of sp³-hybridized carbons (Fsp3) is 1.00. The Labute approximate surface area is 86.4 Å². The van der Waals surface area contributed by atoms with E-state index >= 15 is 0 Å². The minimum Gasteiger partial charge on any atom is -0.389 e. The van der Waals surface area contributed by atoms with Crippen LogP contribution >= 0.6 is 0 Å². The third kappa shape index (κ3) is 5.57. The summed E-state index contributed by atoms with van der Waals surface area (Å²) < 4.78 is 27.6. The summed E-state index contributed by atoms with van der Waals surface area (Å²) in [6, 6.07) is 0. The molecule has 4 nitrogen and oxygen atoms in total. The second-order valence-corrected chi connectivity index (χ2v) is 5.46. The van der Waals surface area contributed by atoms with Gasteiger partial charge in [-0.25, -0.2) is 0 Å². The lowest BCUT2D eigenvalue weighted by atomic mass is 10.1. The Balaban J connectivity index is 4.36. The zero-order valence-electron chi connectivity index (χ0n) is 9.28. The summed E-state index contributed by atoms with van der Waals surface area (Å²) in [4.78, 5) is 0. The second kappa shape index (κ2) is 5.09. The molecule has 2 unspecified atom stereocenters. The Morgan fingerprint density at radius 3 is 2.29 bits per heavy atom. The van der Waals surface area contributed by atoms with Crippen molar-refractivity contribution in [2.75, 3.05) is 5.75 Å². The van der Waals surface area contributed by atoms with Crippen molar-refractivity contribution >= 4 is 10.1 Å². The summed E-state index contributed by atoms with van der Waals surface area (Å²) in [6.45, 7) is 6.76. The molecule has 0 aromatic heterocycles. The lowest BCUT2D eigenvalue weighted by molar-refractivity contribution is 0.0754. The predicted octanol–water partition coefficient (Wildman–Crippen LogP) is 1.29. The molecule has 0 aromatic rings. The lowest BCUT2D eigenvalue weighted by Crippen LogP contribution is -2.34. The van der Waals surface area contributed by atoms with Gasteiger partial charge >= 0.3 is 0 Å². The molecule has 0 aromatic carbocycles. The highest BCUT2D eigenvalue weighted by Crippen LogP contribution is 2.14. The standard InChI is InChI=1S/C9H20O4S/c1-5-8(3)13-14(11,12)7-9(4,10)6-2/h8,10H,5-7H2,1-4H3. The van der Waals surface area contributed by atoms with Crippen molar-refractivity contribution in [2.24, 2.45) is 0 Å². The SMILES string of the molecule is CCC(C)OS(=O)(=O)CC(C)(O)CC. The van der Waals surface area contributed by atoms with Crippen LogP contribution in [0, 0.1) is 0 Å². The van der Waals surface area contributed by atoms with Gasteiger partial charge in [0.1, 0.15) is 5.75 Å². The smallest absolute Gasteiger partial charge is 0.270 e. The van der Waals surface area contributed by atoms with Gasteiger partial charge in [0.2, 0.25) is 0 Å². The molecule has 0 aliphatic heterocycles. The lowest BCUT2D eigenvalue weighted by Gasteiger charge is -2.21. The molecule has 0 saturated heterocycles. The summed E-state index contributed by atoms with van der Waals surface area (Å²) in [7, 11) is -3.61. The van der Waals surface area contributed by atoms with E-state index in [0.717, 1.165) is 0 Å². The first-order valence-corrected chi connectivity index (χ1v) is 6.43. The average molecular weight is 224 g/mol. The van der Waals surface area contributed by atoms with Crippen molar-refractivity contribution < 1.29 is 17.7 Å². The first-order valence-electron chi connectivity index (χ1n) is 4.85. The van der Waals surface area contributed by atoms with E-state index in [1.165, 1.54) is 6.92 Å². The van der Waals surface area contributed by atoms with E-state index in [1.54, 1.807) is 13.8 Å². The van der Waals surface area contributed by atoms with Crippen molar-refractivity contribution in [3.05, 3.63) is 0 Å². The highest BCUT2D eigenvalue weighted by atomic mass is 32.2. The van der Waals surface area contributed by atoms with Crippen LogP contribution in [0.1, 0.15) is 40.5 Å². The van der Waals surface area contributed by atoms with Crippen molar-refractivity contribution in [1.29, 1.82) is 0 Å². The van der Waals surface area contributed by atoms with Crippen LogP contribution in [0.5, 0.6) is 0 Å². The first kappa shape index (κ1) is 13.9. The molecule has 0 fully saturated rings. The molecule has 0 aliphatic carbocycles. The van der Waals surface area contributed by atoms with Crippen LogP contribution < -0.4 is 0 Å². The monoisotopic (exact) mass is 224 g/mol. The third-order valence-corrected chi connectivity index (χ3v) is 3.73. The summed E-state index contributed by atoms with van der Waals surface area (Å²) in [6.07, 6.45) is 0.691. The molecule has 0 radical (unpaired) electrons. The maximum absolute atomic E-state index is 11.4. The Morgan fingerprint density at radius 1 is 1.43 bits per heavy atom. The average Bonchev–Trinajstić information content (AvgIpc) is 2.01. The van der Waals surface area contributed by atoms with Gasteiger partial charge in [0.05, 0.1) is 11.7 Å². The van der Waals surface area contributed by atoms with Crippen LogP contribution in [-0.2, 0) is 14.3 Å². The zero-order chi connectivity index (χ0) is 11.4. The topological polar surface area (TPSA) is 63.6 Å². The van der Waals surface area contributed by atoms with E-state index < -0.39 is 15.7 Å². The van der Waals surface area contributed by atoms with Crippen LogP contribution in [0.4, 0.5) is 0 Å². The summed E-state index contributed by atoms with van der Waals surface area (Å²) in [5.74, 6) is -0.346. The van der Waals surface area contributed by atoms with E-state index in [1.807, 2.05) is 6.92 Å². The van der Waals surface area contributed by atoms with Gasteiger partial charge in [0.25, 0.3) is 10.1 Å². The van der Waals surface area contributed by atoms with Crippen molar-refractivity contribution in [2.45, 2.75) is 52.2 Å². The third-order valence-electron chi connectivity index (χ3n) is 2.14. The summed E-state index contributed by atoms with van der Waals surface area (Å²) in [5.41, 5.74) is -1.20. The van der Waals surface area contributed by atoms with E-state index in [9.17, 15) is 13.5 Å². The quantitative estimate of drug-likeness (QED) is 0.691. The van der Waals surface area contributed by atoms with E-state index in [-0.39, 0.29) is 11.9 Å². The predicted molar refractivity (Wildman–Crippen MR) is 55.5 cm³/mol. The molecule has 2 atom stereocenters. The molecule has 0 spiro atoms. The van der Waals surface area contributed by atoms with Gasteiger partial charge in [0, 0.05) is 0 Å². The molecule has 0 amide bonds. The molecule has 14 heavy (non-hydrogen) atoms. The fourth-order valence-electron chi connectivity index (χ4n) is 0.835. The Bertz CT molecular complexity index is 256. The Hall–Kier alpha value is -0.130. The van der Waals surface area contributed by atoms with Crippen LogP contribution in [0.15, 0.2) is 0 Å². The van der Waals surface area contributed by atoms with E-state index in [4.69, 9.17) is 4.18 Å². The summed E-state index contributed by atoms with van der Waals surface area (Å²) >= 11 is 0. The molecule has 5 heteroatoms. The van der Waals surface area contributed by atoms with Gasteiger partial charge in [0.15, 0.2) is 0 Å². The number of hydrogen-bond acceptors (Lipinski definition) is 4. The number of rotatable bonds is 6. The van der Waals surface area contributed by atoms with Crippen molar-refractivity contribution in [1.82, 2.24) is 0 Å². The molecule has 0 heterocycles. The molecular weight excluding hydrogens is 204 g/mol. The fourth-order valence-corrected chi connectivity index (χ4v) is 2.51. The van der Waals surface area contributed by atoms with Crippen LogP contribution in [0.25, 0.3) is 0 Å². The van der Waals surface area contributed by atoms with Crippen LogP contribution in [0.2, 0.25) is 0 Å². The van der Waals surface area contributed by atoms with Crippen LogP contribution in [-0.4, -0.2) is 31.0 Å². The van der Waals surface area contributed by atoms with Gasteiger partial charge in [-0.15, -0.1) is 0 Å². The highest BCUT2D eigenvalue weighted by molar-refractivity contribution is 7.86. The van der Waals surface area contributed by atoms with Crippen molar-refractivity contribution in [3.8, 4) is 0 Å². The van der Waals surface area contributed by atoms with E-state index in [2.05, 4.69) is 0 Å². The number of aliphatic hydroxyl groups is 1. The molecule has 0 rings (SSSR count). The molecule has 86 valence electrons. The minimum atomic E-state index is -3.61. The maximum atomic E-state index is 11.4. The molecule has 0 bridgehead atoms. The van der Waals surface area contributed by atoms with Crippen molar-refractivity contribution in [3.63, 3.8) is 0 Å². The molecule has 0 saturated carbocycles. The van der Waals surface area contributed by atoms with Gasteiger partial charge < -0.3 is 5.11 Å². The normalized spacial score (nSPS) is 18.9. The Morgan fingerprint density at radius 2 is 1.93 bits per heavy atom. The largest absolute Gasteiger partial charge is 0.389 e. The van der Waals surface area contributed by atoms with Gasteiger partial charge in [-0.2, -0.15) is 8.42 Å². The highest BCUT2D eigenvalue weighted by Gasteiger charge is 2.28. The molecule has 1 N–H and O–H groups in total. The zero-order valence-corrected chi connectivity index (χ0v) is 10.1. The second-order valence-electron chi connectivity index (χ2n) is 3.87. The van der Waals surface area contributed by atoms with Gasteiger partial charge in [-0.05, 0) is 26.7 Å². The number of hydrogen-bond donors (Lipinski definition) is 1. The Kier molecular flexibility index (Phi) is 5.05.